The molecule has 0 saturated carbocycles. The minimum Gasteiger partial charge on any atom is -0.274 e. The van der Waals surface area contributed by atoms with Gasteiger partial charge >= 0.3 is 6.18 Å². The molecule has 0 fully saturated rings. The molecule has 0 bridgehead atoms. The van der Waals surface area contributed by atoms with Crippen molar-refractivity contribution in [3.05, 3.63) is 76.5 Å². The van der Waals surface area contributed by atoms with Gasteiger partial charge in [-0.25, -0.2) is 4.99 Å². The number of amides is 1. The molecule has 3 nitrogen and oxygen atoms in total. The summed E-state index contributed by atoms with van der Waals surface area (Å²) in [5.74, 6) is -0.359. The molecule has 0 spiro atoms. The van der Waals surface area contributed by atoms with Crippen LogP contribution in [0, 0.1) is 0 Å². The van der Waals surface area contributed by atoms with Gasteiger partial charge in [-0.05, 0) is 35.7 Å². The van der Waals surface area contributed by atoms with E-state index in [9.17, 15) is 18.0 Å². The highest BCUT2D eigenvalue weighted by atomic mass is 32.1. The first-order valence-corrected chi connectivity index (χ1v) is 8.61. The van der Waals surface area contributed by atoms with Crippen molar-refractivity contribution in [2.45, 2.75) is 6.18 Å². The fourth-order valence-electron chi connectivity index (χ4n) is 2.83. The summed E-state index contributed by atoms with van der Waals surface area (Å²) >= 11 is 1.45. The monoisotopic (exact) mass is 372 g/mol. The van der Waals surface area contributed by atoms with Crippen LogP contribution in [-0.4, -0.2) is 11.6 Å². The van der Waals surface area contributed by atoms with Crippen LogP contribution in [0.2, 0.25) is 0 Å². The second-order valence-electron chi connectivity index (χ2n) is 5.65. The number of alkyl halides is 3. The predicted molar refractivity (Wildman–Crippen MR) is 95.5 cm³/mol. The number of anilines is 2. The number of hydrogen-bond donors (Lipinski definition) is 0. The van der Waals surface area contributed by atoms with Crippen molar-refractivity contribution in [1.82, 2.24) is 0 Å². The molecule has 0 aliphatic carbocycles. The third kappa shape index (κ3) is 2.80. The summed E-state index contributed by atoms with van der Waals surface area (Å²) in [4.78, 5) is 18.7. The number of nitrogens with zero attached hydrogens (tertiary/aromatic N) is 2. The number of carbonyl (C=O) groups excluding carboxylic acids is 1. The summed E-state index contributed by atoms with van der Waals surface area (Å²) in [6, 6.07) is 13.6. The van der Waals surface area contributed by atoms with Crippen LogP contribution in [0.5, 0.6) is 0 Å². The Morgan fingerprint density at radius 1 is 1.00 bits per heavy atom. The summed E-state index contributed by atoms with van der Waals surface area (Å²) in [6.07, 6.45) is -4.46. The number of para-hydroxylation sites is 1. The smallest absolute Gasteiger partial charge is 0.274 e. The molecule has 1 aliphatic rings. The Morgan fingerprint density at radius 2 is 1.81 bits per heavy atom. The molecule has 1 aromatic heterocycles. The number of rotatable bonds is 2. The number of thiophene rings is 1. The van der Waals surface area contributed by atoms with Crippen LogP contribution in [0.1, 0.15) is 11.1 Å². The van der Waals surface area contributed by atoms with E-state index >= 15 is 0 Å². The van der Waals surface area contributed by atoms with Crippen molar-refractivity contribution in [2.75, 3.05) is 4.90 Å². The van der Waals surface area contributed by atoms with Gasteiger partial charge in [-0.15, -0.1) is 0 Å². The maximum atomic E-state index is 12.9. The number of carbonyl (C=O) groups is 1. The lowest BCUT2D eigenvalue weighted by Crippen LogP contribution is -2.24. The average molecular weight is 372 g/mol. The second-order valence-corrected chi connectivity index (χ2v) is 6.43. The third-order valence-electron chi connectivity index (χ3n) is 3.98. The molecule has 1 aliphatic heterocycles. The topological polar surface area (TPSA) is 32.7 Å². The van der Waals surface area contributed by atoms with Crippen LogP contribution in [-0.2, 0) is 11.0 Å². The third-order valence-corrected chi connectivity index (χ3v) is 4.66. The molecule has 130 valence electrons. The van der Waals surface area contributed by atoms with Crippen LogP contribution in [0.25, 0.3) is 0 Å². The molecular weight excluding hydrogens is 361 g/mol. The molecule has 1 amide bonds. The Labute approximate surface area is 151 Å². The van der Waals surface area contributed by atoms with Crippen LogP contribution < -0.4 is 4.90 Å². The van der Waals surface area contributed by atoms with E-state index in [4.69, 9.17) is 0 Å². The molecule has 0 N–H and O–H groups in total. The fraction of sp³-hybridized carbons (Fsp3) is 0.0526. The quantitative estimate of drug-likeness (QED) is 0.579. The molecule has 7 heteroatoms. The number of hydrogen-bond acceptors (Lipinski definition) is 3. The lowest BCUT2D eigenvalue weighted by molar-refractivity contribution is -0.137. The summed E-state index contributed by atoms with van der Waals surface area (Å²) in [5, 5.41) is 3.69. The molecular formula is C19H11F3N2OS. The predicted octanol–water partition coefficient (Wildman–Crippen LogP) is 5.57. The largest absolute Gasteiger partial charge is 0.416 e. The molecule has 4 rings (SSSR count). The van der Waals surface area contributed by atoms with Gasteiger partial charge in [0.2, 0.25) is 0 Å². The van der Waals surface area contributed by atoms with Crippen LogP contribution in [0.3, 0.4) is 0 Å². The molecule has 0 radical (unpaired) electrons. The SMILES string of the molecule is O=C1C(=Nc2cccc(C(F)(F)F)c2)c2ccccc2N1c1ccsc1. The fourth-order valence-corrected chi connectivity index (χ4v) is 3.45. The number of halogens is 3. The van der Waals surface area contributed by atoms with E-state index in [1.54, 1.807) is 24.3 Å². The number of aliphatic imine (C=N–C) groups is 1. The van der Waals surface area contributed by atoms with E-state index < -0.39 is 11.7 Å². The van der Waals surface area contributed by atoms with Crippen molar-refractivity contribution in [3.63, 3.8) is 0 Å². The highest BCUT2D eigenvalue weighted by molar-refractivity contribution is 7.08. The van der Waals surface area contributed by atoms with E-state index in [2.05, 4.69) is 4.99 Å². The highest BCUT2D eigenvalue weighted by Gasteiger charge is 2.35. The van der Waals surface area contributed by atoms with Gasteiger partial charge in [0.25, 0.3) is 5.91 Å². The van der Waals surface area contributed by atoms with E-state index in [-0.39, 0.29) is 17.3 Å². The Kier molecular flexibility index (Phi) is 3.88. The van der Waals surface area contributed by atoms with Gasteiger partial charge in [0.05, 0.1) is 22.6 Å². The van der Waals surface area contributed by atoms with Crippen molar-refractivity contribution < 1.29 is 18.0 Å². The number of benzene rings is 2. The van der Waals surface area contributed by atoms with Crippen LogP contribution in [0.4, 0.5) is 30.2 Å². The zero-order valence-corrected chi connectivity index (χ0v) is 14.0. The summed E-state index contributed by atoms with van der Waals surface area (Å²) in [5.41, 5.74) is 1.40. The Balaban J connectivity index is 1.83. The normalized spacial score (nSPS) is 15.6. The van der Waals surface area contributed by atoms with Crippen molar-refractivity contribution in [1.29, 1.82) is 0 Å². The first-order valence-electron chi connectivity index (χ1n) is 7.67. The van der Waals surface area contributed by atoms with Crippen LogP contribution >= 0.6 is 11.3 Å². The van der Waals surface area contributed by atoms with Gasteiger partial charge in [-0.1, -0.05) is 24.3 Å². The molecule has 0 unspecified atom stereocenters. The Bertz CT molecular complexity index is 1010. The molecule has 2 aromatic carbocycles. The van der Waals surface area contributed by atoms with Gasteiger partial charge < -0.3 is 0 Å². The summed E-state index contributed by atoms with van der Waals surface area (Å²) in [6.45, 7) is 0. The van der Waals surface area contributed by atoms with E-state index in [1.807, 2.05) is 16.8 Å². The first-order chi connectivity index (χ1) is 12.4. The van der Waals surface area contributed by atoms with Gasteiger partial charge in [0.15, 0.2) is 0 Å². The lowest BCUT2D eigenvalue weighted by atomic mass is 10.1. The standard InChI is InChI=1S/C19H11F3N2OS/c20-19(21,22)12-4-3-5-13(10-12)23-17-15-6-1-2-7-16(15)24(18(17)25)14-8-9-26-11-14/h1-11H. The van der Waals surface area contributed by atoms with Gasteiger partial charge in [0, 0.05) is 10.9 Å². The Hall–Kier alpha value is -2.93. The van der Waals surface area contributed by atoms with Crippen molar-refractivity contribution in [2.24, 2.45) is 4.99 Å². The zero-order valence-electron chi connectivity index (χ0n) is 13.2. The van der Waals surface area contributed by atoms with E-state index in [0.717, 1.165) is 12.1 Å². The zero-order chi connectivity index (χ0) is 18.3. The van der Waals surface area contributed by atoms with Gasteiger partial charge in [0.1, 0.15) is 5.71 Å². The molecule has 3 aromatic rings. The minimum atomic E-state index is -4.46. The number of fused-ring (bicyclic) bond motifs is 1. The summed E-state index contributed by atoms with van der Waals surface area (Å²) < 4.78 is 38.8. The molecule has 0 saturated heterocycles. The van der Waals surface area contributed by atoms with E-state index in [1.165, 1.54) is 28.4 Å². The molecule has 2 heterocycles. The highest BCUT2D eigenvalue weighted by Crippen LogP contribution is 2.38. The summed E-state index contributed by atoms with van der Waals surface area (Å²) in [7, 11) is 0. The van der Waals surface area contributed by atoms with Crippen molar-refractivity contribution in [3.8, 4) is 0 Å². The average Bonchev–Trinajstić information content (AvgIpc) is 3.22. The van der Waals surface area contributed by atoms with Gasteiger partial charge in [-0.2, -0.15) is 24.5 Å². The first kappa shape index (κ1) is 16.5. The van der Waals surface area contributed by atoms with E-state index in [0.29, 0.717) is 16.9 Å². The minimum absolute atomic E-state index is 0.0881. The second kappa shape index (κ2) is 6.10. The maximum Gasteiger partial charge on any atom is 0.416 e. The Morgan fingerprint density at radius 3 is 2.54 bits per heavy atom. The lowest BCUT2D eigenvalue weighted by Gasteiger charge is -2.14. The van der Waals surface area contributed by atoms with Crippen molar-refractivity contribution >= 4 is 40.0 Å². The molecule has 0 atom stereocenters. The molecule has 26 heavy (non-hydrogen) atoms. The maximum absolute atomic E-state index is 12.9. The van der Waals surface area contributed by atoms with Crippen LogP contribution in [0.15, 0.2) is 70.3 Å². The van der Waals surface area contributed by atoms with Gasteiger partial charge in [-0.3, -0.25) is 9.69 Å².